The highest BCUT2D eigenvalue weighted by atomic mass is 32.2. The van der Waals surface area contributed by atoms with E-state index in [9.17, 15) is 21.6 Å². The van der Waals surface area contributed by atoms with Crippen LogP contribution < -0.4 is 0 Å². The van der Waals surface area contributed by atoms with Gasteiger partial charge in [-0.3, -0.25) is 0 Å². The van der Waals surface area contributed by atoms with E-state index in [-0.39, 0.29) is 4.91 Å². The lowest BCUT2D eigenvalue weighted by Gasteiger charge is -2.19. The van der Waals surface area contributed by atoms with E-state index >= 15 is 0 Å². The number of sulfone groups is 1. The van der Waals surface area contributed by atoms with Crippen LogP contribution in [0.15, 0.2) is 23.1 Å². The molecule has 0 aliphatic heterocycles. The first kappa shape index (κ1) is 11.3. The predicted molar refractivity (Wildman–Crippen MR) is 46.2 cm³/mol. The molecule has 0 amide bonds. The number of hydrogen-bond acceptors (Lipinski definition) is 2. The molecule has 1 rings (SSSR count). The Hall–Kier alpha value is -0.780. The maximum absolute atomic E-state index is 12.2. The van der Waals surface area contributed by atoms with Gasteiger partial charge < -0.3 is 0 Å². The molecule has 0 saturated carbocycles. The Morgan fingerprint density at radius 2 is 2.00 bits per heavy atom. The van der Waals surface area contributed by atoms with Gasteiger partial charge in [0.1, 0.15) is 0 Å². The zero-order valence-electron chi connectivity index (χ0n) is 7.38. The van der Waals surface area contributed by atoms with Gasteiger partial charge in [-0.2, -0.15) is 13.2 Å². The fraction of sp³-hybridized carbons (Fsp3) is 0.500. The van der Waals surface area contributed by atoms with Gasteiger partial charge in [-0.15, -0.1) is 0 Å². The van der Waals surface area contributed by atoms with E-state index in [0.717, 1.165) is 18.4 Å². The SMILES string of the molecule is CS(=O)(=O)C1=CC=CC(C(F)(F)F)C1. The van der Waals surface area contributed by atoms with Crippen molar-refractivity contribution in [3.8, 4) is 0 Å². The number of rotatable bonds is 1. The summed E-state index contributed by atoms with van der Waals surface area (Å²) in [6.45, 7) is 0. The fourth-order valence-corrected chi connectivity index (χ4v) is 1.96. The maximum Gasteiger partial charge on any atom is 0.395 e. The predicted octanol–water partition coefficient (Wildman–Crippen LogP) is 2.05. The third-order valence-electron chi connectivity index (χ3n) is 1.94. The van der Waals surface area contributed by atoms with Crippen molar-refractivity contribution in [2.75, 3.05) is 6.26 Å². The molecule has 1 atom stereocenters. The van der Waals surface area contributed by atoms with Gasteiger partial charge in [-0.25, -0.2) is 8.42 Å². The zero-order chi connectivity index (χ0) is 11.0. The molecular formula is C8H9F3O2S. The summed E-state index contributed by atoms with van der Waals surface area (Å²) in [5.41, 5.74) is 0. The Balaban J connectivity index is 2.91. The van der Waals surface area contributed by atoms with Crippen molar-refractivity contribution in [3.63, 3.8) is 0 Å². The van der Waals surface area contributed by atoms with Crippen LogP contribution in [0.3, 0.4) is 0 Å². The van der Waals surface area contributed by atoms with Crippen LogP contribution in [-0.4, -0.2) is 20.8 Å². The molecule has 0 aromatic heterocycles. The van der Waals surface area contributed by atoms with Gasteiger partial charge in [0, 0.05) is 11.2 Å². The van der Waals surface area contributed by atoms with Crippen molar-refractivity contribution in [2.45, 2.75) is 12.6 Å². The summed E-state index contributed by atoms with van der Waals surface area (Å²) >= 11 is 0. The first-order valence-electron chi connectivity index (χ1n) is 3.85. The number of halogens is 3. The minimum Gasteiger partial charge on any atom is -0.224 e. The van der Waals surface area contributed by atoms with Crippen molar-refractivity contribution in [3.05, 3.63) is 23.1 Å². The van der Waals surface area contributed by atoms with Crippen LogP contribution in [-0.2, 0) is 9.84 Å². The lowest BCUT2D eigenvalue weighted by Crippen LogP contribution is -2.24. The third kappa shape index (κ3) is 2.60. The zero-order valence-corrected chi connectivity index (χ0v) is 8.19. The number of allylic oxidation sites excluding steroid dienone is 4. The molecule has 0 aromatic carbocycles. The minimum atomic E-state index is -4.37. The molecule has 0 saturated heterocycles. The molecule has 0 radical (unpaired) electrons. The van der Waals surface area contributed by atoms with E-state index in [0.29, 0.717) is 0 Å². The molecule has 14 heavy (non-hydrogen) atoms. The number of hydrogen-bond donors (Lipinski definition) is 0. The van der Waals surface area contributed by atoms with Crippen LogP contribution in [0.5, 0.6) is 0 Å². The molecule has 6 heteroatoms. The van der Waals surface area contributed by atoms with Crippen LogP contribution in [0.2, 0.25) is 0 Å². The van der Waals surface area contributed by atoms with Crippen molar-refractivity contribution in [1.82, 2.24) is 0 Å². The highest BCUT2D eigenvalue weighted by Gasteiger charge is 2.39. The second-order valence-electron chi connectivity index (χ2n) is 3.14. The standard InChI is InChI=1S/C8H9F3O2S/c1-14(12,13)7-4-2-3-6(5-7)8(9,10)11/h2-4,6H,5H2,1H3. The Morgan fingerprint density at radius 1 is 1.43 bits per heavy atom. The van der Waals surface area contributed by atoms with Crippen LogP contribution in [0.4, 0.5) is 13.2 Å². The third-order valence-corrected chi connectivity index (χ3v) is 3.20. The average Bonchev–Trinajstić information content (AvgIpc) is 2.01. The molecule has 0 bridgehead atoms. The molecule has 1 unspecified atom stereocenters. The molecule has 0 N–H and O–H groups in total. The summed E-state index contributed by atoms with van der Waals surface area (Å²) in [6.07, 6.45) is -0.644. The average molecular weight is 226 g/mol. The second kappa shape index (κ2) is 3.42. The van der Waals surface area contributed by atoms with E-state index in [1.807, 2.05) is 0 Å². The van der Waals surface area contributed by atoms with Crippen LogP contribution in [0, 0.1) is 5.92 Å². The monoisotopic (exact) mass is 226 g/mol. The van der Waals surface area contributed by atoms with E-state index in [1.165, 1.54) is 6.08 Å². The van der Waals surface area contributed by atoms with Crippen molar-refractivity contribution < 1.29 is 21.6 Å². The second-order valence-corrected chi connectivity index (χ2v) is 5.21. The Labute approximate surface area is 80.0 Å². The van der Waals surface area contributed by atoms with Crippen molar-refractivity contribution in [1.29, 1.82) is 0 Å². The fourth-order valence-electron chi connectivity index (χ4n) is 1.15. The Morgan fingerprint density at radius 3 is 2.43 bits per heavy atom. The van der Waals surface area contributed by atoms with Gasteiger partial charge in [-0.1, -0.05) is 12.2 Å². The quantitative estimate of drug-likeness (QED) is 0.685. The molecular weight excluding hydrogens is 217 g/mol. The van der Waals surface area contributed by atoms with Gasteiger partial charge in [0.15, 0.2) is 9.84 Å². The first-order valence-corrected chi connectivity index (χ1v) is 5.74. The Bertz CT molecular complexity index is 376. The summed E-state index contributed by atoms with van der Waals surface area (Å²) in [5, 5.41) is 0. The maximum atomic E-state index is 12.2. The van der Waals surface area contributed by atoms with Crippen molar-refractivity contribution in [2.24, 2.45) is 5.92 Å². The summed E-state index contributed by atoms with van der Waals surface area (Å²) in [6, 6.07) is 0. The summed E-state index contributed by atoms with van der Waals surface area (Å²) in [4.78, 5) is -0.165. The van der Waals surface area contributed by atoms with E-state index in [2.05, 4.69) is 0 Å². The van der Waals surface area contributed by atoms with Gasteiger partial charge in [0.25, 0.3) is 0 Å². The Kier molecular flexibility index (Phi) is 2.76. The highest BCUT2D eigenvalue weighted by Crippen LogP contribution is 2.35. The molecule has 0 spiro atoms. The van der Waals surface area contributed by atoms with E-state index in [1.54, 1.807) is 0 Å². The first-order chi connectivity index (χ1) is 6.21. The van der Waals surface area contributed by atoms with E-state index < -0.39 is 28.4 Å². The van der Waals surface area contributed by atoms with E-state index in [4.69, 9.17) is 0 Å². The van der Waals surface area contributed by atoms with Gasteiger partial charge >= 0.3 is 6.18 Å². The minimum absolute atomic E-state index is 0.165. The summed E-state index contributed by atoms with van der Waals surface area (Å²) in [5.74, 6) is -1.68. The van der Waals surface area contributed by atoms with Gasteiger partial charge in [0.2, 0.25) is 0 Å². The van der Waals surface area contributed by atoms with Gasteiger partial charge in [0.05, 0.1) is 5.92 Å². The molecule has 2 nitrogen and oxygen atoms in total. The normalized spacial score (nSPS) is 23.4. The molecule has 0 heterocycles. The van der Waals surface area contributed by atoms with Crippen LogP contribution in [0.25, 0.3) is 0 Å². The van der Waals surface area contributed by atoms with Crippen LogP contribution >= 0.6 is 0 Å². The van der Waals surface area contributed by atoms with Gasteiger partial charge in [-0.05, 0) is 12.5 Å². The molecule has 1 aliphatic carbocycles. The van der Waals surface area contributed by atoms with Crippen molar-refractivity contribution >= 4 is 9.84 Å². The summed E-state index contributed by atoms with van der Waals surface area (Å²) in [7, 11) is -3.51. The molecule has 1 aliphatic rings. The largest absolute Gasteiger partial charge is 0.395 e. The number of alkyl halides is 3. The topological polar surface area (TPSA) is 34.1 Å². The molecule has 0 fully saturated rings. The molecule has 80 valence electrons. The highest BCUT2D eigenvalue weighted by molar-refractivity contribution is 7.94. The summed E-state index contributed by atoms with van der Waals surface area (Å²) < 4.78 is 58.7. The smallest absolute Gasteiger partial charge is 0.224 e. The molecule has 0 aromatic rings. The lowest BCUT2D eigenvalue weighted by atomic mass is 10.0. The lowest BCUT2D eigenvalue weighted by molar-refractivity contribution is -0.160. The van der Waals surface area contributed by atoms with Crippen LogP contribution in [0.1, 0.15) is 6.42 Å².